The van der Waals surface area contributed by atoms with Crippen LogP contribution in [0.5, 0.6) is 0 Å². The predicted molar refractivity (Wildman–Crippen MR) is 132 cm³/mol. The second-order valence-electron chi connectivity index (χ2n) is 7.78. The van der Waals surface area contributed by atoms with Crippen molar-refractivity contribution in [3.63, 3.8) is 0 Å². The van der Waals surface area contributed by atoms with Gasteiger partial charge in [0.2, 0.25) is 0 Å². The Morgan fingerprint density at radius 2 is 1.85 bits per heavy atom. The van der Waals surface area contributed by atoms with Gasteiger partial charge in [0.05, 0.1) is 17.0 Å². The predicted octanol–water partition coefficient (Wildman–Crippen LogP) is 4.33. The highest BCUT2D eigenvalue weighted by Crippen LogP contribution is 2.26. The summed E-state index contributed by atoms with van der Waals surface area (Å²) in [5, 5.41) is 6.30. The first kappa shape index (κ1) is 23.1. The largest absolute Gasteiger partial charge is 0.384 e. The Labute approximate surface area is 198 Å². The van der Waals surface area contributed by atoms with Crippen LogP contribution in [-0.2, 0) is 19.5 Å². The minimum Gasteiger partial charge on any atom is -0.384 e. The molecule has 172 valence electrons. The summed E-state index contributed by atoms with van der Waals surface area (Å²) in [5.74, 6) is -0.445. The normalized spacial score (nSPS) is 10.6. The average molecular weight is 456 g/mol. The van der Waals surface area contributed by atoms with Crippen molar-refractivity contribution >= 4 is 11.6 Å². The molecule has 0 saturated carbocycles. The topological polar surface area (TPSA) is 92.9 Å². The quantitative estimate of drug-likeness (QED) is 0.349. The smallest absolute Gasteiger partial charge is 0.253 e. The summed E-state index contributed by atoms with van der Waals surface area (Å²) in [7, 11) is 0. The fourth-order valence-electron chi connectivity index (χ4n) is 3.68. The van der Waals surface area contributed by atoms with Crippen molar-refractivity contribution in [3.8, 4) is 11.3 Å². The summed E-state index contributed by atoms with van der Waals surface area (Å²) >= 11 is 0. The van der Waals surface area contributed by atoms with Gasteiger partial charge in [-0.15, -0.1) is 0 Å². The third kappa shape index (κ3) is 5.82. The summed E-state index contributed by atoms with van der Waals surface area (Å²) in [5.41, 5.74) is 11.4. The van der Waals surface area contributed by atoms with Crippen LogP contribution >= 0.6 is 0 Å². The molecule has 0 radical (unpaired) electrons. The lowest BCUT2D eigenvalue weighted by Gasteiger charge is -2.12. The average Bonchev–Trinajstić information content (AvgIpc) is 2.88. The standard InChI is InChI=1S/C27H26FN5O/c28-22-7-3-5-19(15-22)12-14-31-24-9-2-1-8-23(24)25-11-10-21(18-32-25)27(34)33-17-20-6-4-13-30-26(20)16-29/h1-11,13,15,18,31H,12,14,16-17,29H2,(H,33,34). The van der Waals surface area contributed by atoms with Gasteiger partial charge >= 0.3 is 0 Å². The lowest BCUT2D eigenvalue weighted by atomic mass is 10.1. The zero-order chi connectivity index (χ0) is 23.8. The number of nitrogens with zero attached hydrogens (tertiary/aromatic N) is 2. The molecule has 0 fully saturated rings. The van der Waals surface area contributed by atoms with Gasteiger partial charge in [0.1, 0.15) is 5.82 Å². The Morgan fingerprint density at radius 1 is 0.971 bits per heavy atom. The Hall–Kier alpha value is -4.10. The number of carbonyl (C=O) groups is 1. The van der Waals surface area contributed by atoms with E-state index in [-0.39, 0.29) is 11.7 Å². The maximum Gasteiger partial charge on any atom is 0.253 e. The Balaban J connectivity index is 1.40. The summed E-state index contributed by atoms with van der Waals surface area (Å²) in [6, 6.07) is 21.8. The van der Waals surface area contributed by atoms with Crippen LogP contribution in [0.1, 0.15) is 27.2 Å². The molecule has 4 N–H and O–H groups in total. The Kier molecular flexibility index (Phi) is 7.57. The first-order chi connectivity index (χ1) is 16.6. The zero-order valence-electron chi connectivity index (χ0n) is 18.7. The van der Waals surface area contributed by atoms with Crippen LogP contribution in [0.4, 0.5) is 10.1 Å². The Bertz CT molecular complexity index is 1260. The van der Waals surface area contributed by atoms with E-state index in [4.69, 9.17) is 5.73 Å². The fraction of sp³-hybridized carbons (Fsp3) is 0.148. The van der Waals surface area contributed by atoms with Gasteiger partial charge in [-0.2, -0.15) is 0 Å². The van der Waals surface area contributed by atoms with E-state index in [1.54, 1.807) is 30.6 Å². The van der Waals surface area contributed by atoms with Crippen LogP contribution in [-0.4, -0.2) is 22.4 Å². The molecule has 6 nitrogen and oxygen atoms in total. The van der Waals surface area contributed by atoms with E-state index in [0.717, 1.165) is 33.8 Å². The number of amides is 1. The highest BCUT2D eigenvalue weighted by Gasteiger charge is 2.10. The first-order valence-electron chi connectivity index (χ1n) is 11.1. The molecule has 4 rings (SSSR count). The molecular weight excluding hydrogens is 429 g/mol. The SMILES string of the molecule is NCc1ncccc1CNC(=O)c1ccc(-c2ccccc2NCCc2cccc(F)c2)nc1. The summed E-state index contributed by atoms with van der Waals surface area (Å²) < 4.78 is 13.4. The molecule has 7 heteroatoms. The molecule has 0 aliphatic carbocycles. The highest BCUT2D eigenvalue weighted by atomic mass is 19.1. The molecule has 0 atom stereocenters. The van der Waals surface area contributed by atoms with Gasteiger partial charge in [-0.25, -0.2) is 4.39 Å². The van der Waals surface area contributed by atoms with E-state index in [2.05, 4.69) is 20.6 Å². The van der Waals surface area contributed by atoms with Crippen LogP contribution in [0.3, 0.4) is 0 Å². The molecule has 0 unspecified atom stereocenters. The lowest BCUT2D eigenvalue weighted by Crippen LogP contribution is -2.24. The van der Waals surface area contributed by atoms with Gasteiger partial charge in [-0.1, -0.05) is 36.4 Å². The number of nitrogens with two attached hydrogens (primary N) is 1. The van der Waals surface area contributed by atoms with E-state index < -0.39 is 0 Å². The number of carbonyl (C=O) groups excluding carboxylic acids is 1. The number of halogens is 1. The first-order valence-corrected chi connectivity index (χ1v) is 11.1. The molecule has 2 heterocycles. The molecule has 34 heavy (non-hydrogen) atoms. The number of para-hydroxylation sites is 1. The van der Waals surface area contributed by atoms with E-state index >= 15 is 0 Å². The third-order valence-corrected chi connectivity index (χ3v) is 5.46. The van der Waals surface area contributed by atoms with Crippen molar-refractivity contribution in [2.24, 2.45) is 5.73 Å². The van der Waals surface area contributed by atoms with Gasteiger partial charge in [-0.3, -0.25) is 14.8 Å². The minimum atomic E-state index is -0.230. The molecule has 0 aliphatic heterocycles. The van der Waals surface area contributed by atoms with Crippen molar-refractivity contribution < 1.29 is 9.18 Å². The third-order valence-electron chi connectivity index (χ3n) is 5.46. The minimum absolute atomic E-state index is 0.215. The van der Waals surface area contributed by atoms with Crippen molar-refractivity contribution in [1.29, 1.82) is 0 Å². The number of hydrogen-bond donors (Lipinski definition) is 3. The van der Waals surface area contributed by atoms with Crippen molar-refractivity contribution in [2.75, 3.05) is 11.9 Å². The van der Waals surface area contributed by atoms with Gasteiger partial charge in [0.25, 0.3) is 5.91 Å². The van der Waals surface area contributed by atoms with E-state index in [1.807, 2.05) is 48.5 Å². The number of hydrogen-bond acceptors (Lipinski definition) is 5. The molecule has 4 aromatic rings. The van der Waals surface area contributed by atoms with Gasteiger partial charge in [-0.05, 0) is 53.9 Å². The fourth-order valence-corrected chi connectivity index (χ4v) is 3.68. The van der Waals surface area contributed by atoms with Crippen molar-refractivity contribution in [1.82, 2.24) is 15.3 Å². The maximum absolute atomic E-state index is 13.4. The molecule has 0 saturated heterocycles. The van der Waals surface area contributed by atoms with Crippen LogP contribution in [0.25, 0.3) is 11.3 Å². The van der Waals surface area contributed by atoms with E-state index in [9.17, 15) is 9.18 Å². The Morgan fingerprint density at radius 3 is 2.65 bits per heavy atom. The monoisotopic (exact) mass is 455 g/mol. The van der Waals surface area contributed by atoms with Crippen LogP contribution in [0.2, 0.25) is 0 Å². The highest BCUT2D eigenvalue weighted by molar-refractivity contribution is 5.94. The summed E-state index contributed by atoms with van der Waals surface area (Å²) in [4.78, 5) is 21.3. The van der Waals surface area contributed by atoms with Gasteiger partial charge < -0.3 is 16.4 Å². The van der Waals surface area contributed by atoms with Crippen LogP contribution < -0.4 is 16.4 Å². The second kappa shape index (κ2) is 11.2. The molecular formula is C27H26FN5O. The number of pyridine rings is 2. The van der Waals surface area contributed by atoms with Gasteiger partial charge in [0, 0.05) is 43.3 Å². The van der Waals surface area contributed by atoms with Crippen molar-refractivity contribution in [3.05, 3.63) is 113 Å². The number of aromatic nitrogens is 2. The van der Waals surface area contributed by atoms with Crippen molar-refractivity contribution in [2.45, 2.75) is 19.5 Å². The molecule has 0 spiro atoms. The second-order valence-corrected chi connectivity index (χ2v) is 7.78. The van der Waals surface area contributed by atoms with E-state index in [0.29, 0.717) is 31.6 Å². The van der Waals surface area contributed by atoms with Gasteiger partial charge in [0.15, 0.2) is 0 Å². The molecule has 0 aliphatic rings. The van der Waals surface area contributed by atoms with Crippen LogP contribution in [0, 0.1) is 5.82 Å². The zero-order valence-corrected chi connectivity index (χ0v) is 18.7. The number of anilines is 1. The summed E-state index contributed by atoms with van der Waals surface area (Å²) in [6.45, 7) is 1.32. The van der Waals surface area contributed by atoms with Crippen LogP contribution in [0.15, 0.2) is 85.2 Å². The van der Waals surface area contributed by atoms with E-state index in [1.165, 1.54) is 6.07 Å². The lowest BCUT2D eigenvalue weighted by molar-refractivity contribution is 0.0950. The molecule has 2 aromatic heterocycles. The molecule has 2 aromatic carbocycles. The summed E-state index contributed by atoms with van der Waals surface area (Å²) in [6.07, 6.45) is 3.95. The number of benzene rings is 2. The number of nitrogens with one attached hydrogen (secondary N) is 2. The molecule has 1 amide bonds. The molecule has 0 bridgehead atoms. The number of rotatable bonds is 9. The maximum atomic E-state index is 13.4.